The minimum Gasteiger partial charge on any atom is -0.493 e. The molecule has 9 nitrogen and oxygen atoms in total. The molecule has 0 radical (unpaired) electrons. The van der Waals surface area contributed by atoms with Crippen molar-refractivity contribution < 1.29 is 28.6 Å². The lowest BCUT2D eigenvalue weighted by Gasteiger charge is -2.29. The summed E-state index contributed by atoms with van der Waals surface area (Å²) in [5.74, 6) is 0.0245. The molecule has 1 unspecified atom stereocenters. The Hall–Kier alpha value is -3.66. The Bertz CT molecular complexity index is 1090. The lowest BCUT2D eigenvalue weighted by Crippen LogP contribution is -2.49. The first-order chi connectivity index (χ1) is 16.3. The molecule has 34 heavy (non-hydrogen) atoms. The van der Waals surface area contributed by atoms with Crippen LogP contribution in [-0.2, 0) is 20.7 Å². The molecule has 2 amide bonds. The Kier molecular flexibility index (Phi) is 8.06. The van der Waals surface area contributed by atoms with Crippen LogP contribution >= 0.6 is 12.2 Å². The lowest BCUT2D eigenvalue weighted by atomic mass is 10.1. The summed E-state index contributed by atoms with van der Waals surface area (Å²) in [6.45, 7) is 0.411. The van der Waals surface area contributed by atoms with Gasteiger partial charge in [-0.3, -0.25) is 9.59 Å². The number of esters is 1. The number of nitrogens with zero attached hydrogens (tertiary/aromatic N) is 2. The van der Waals surface area contributed by atoms with E-state index in [2.05, 4.69) is 5.32 Å². The van der Waals surface area contributed by atoms with Crippen molar-refractivity contribution in [3.05, 3.63) is 53.6 Å². The van der Waals surface area contributed by atoms with E-state index in [1.165, 1.54) is 19.2 Å². The quantitative estimate of drug-likeness (QED) is 0.343. The normalized spacial score (nSPS) is 15.2. The summed E-state index contributed by atoms with van der Waals surface area (Å²) in [6.07, 6.45) is 0.555. The van der Waals surface area contributed by atoms with Crippen molar-refractivity contribution >= 4 is 40.8 Å². The lowest BCUT2D eigenvalue weighted by molar-refractivity contribution is -0.122. The highest BCUT2D eigenvalue weighted by Gasteiger charge is 2.43. The second-order valence-electron chi connectivity index (χ2n) is 7.51. The Labute approximate surface area is 203 Å². The van der Waals surface area contributed by atoms with E-state index in [-0.39, 0.29) is 18.2 Å². The molecule has 0 bridgehead atoms. The van der Waals surface area contributed by atoms with Crippen LogP contribution in [-0.4, -0.2) is 68.8 Å². The van der Waals surface area contributed by atoms with Crippen molar-refractivity contribution in [1.82, 2.24) is 10.2 Å². The number of thiocarbonyl (C=S) groups is 1. The summed E-state index contributed by atoms with van der Waals surface area (Å²) in [4.78, 5) is 40.6. The third kappa shape index (κ3) is 5.12. The van der Waals surface area contributed by atoms with Crippen LogP contribution in [0.4, 0.5) is 5.69 Å². The topological polar surface area (TPSA) is 97.4 Å². The van der Waals surface area contributed by atoms with Crippen molar-refractivity contribution in [2.75, 3.05) is 39.8 Å². The summed E-state index contributed by atoms with van der Waals surface area (Å²) >= 11 is 5.46. The van der Waals surface area contributed by atoms with Crippen molar-refractivity contribution in [3.8, 4) is 11.5 Å². The molecular formula is C24H27N3O6S. The molecule has 2 aromatic carbocycles. The number of anilines is 1. The van der Waals surface area contributed by atoms with Crippen LogP contribution in [0.3, 0.4) is 0 Å². The van der Waals surface area contributed by atoms with E-state index in [0.717, 1.165) is 10.5 Å². The minimum absolute atomic E-state index is 0.00859. The zero-order chi connectivity index (χ0) is 24.8. The standard InChI is InChI=1S/C24H27N3O6S/c1-25-24(34)26(12-11-15-5-10-19(31-2)20(13-15)32-3)18-14-21(28)27(22(18)29)17-8-6-16(7-9-17)23(30)33-4/h5-10,13,18H,11-12,14H2,1-4H3,(H,25,34). The Morgan fingerprint density at radius 2 is 1.76 bits per heavy atom. The van der Waals surface area contributed by atoms with E-state index in [1.54, 1.807) is 38.3 Å². The molecule has 1 heterocycles. The molecule has 1 saturated heterocycles. The Balaban J connectivity index is 1.79. The first-order valence-corrected chi connectivity index (χ1v) is 11.0. The van der Waals surface area contributed by atoms with E-state index in [4.69, 9.17) is 26.4 Å². The van der Waals surface area contributed by atoms with Crippen LogP contribution in [0.25, 0.3) is 0 Å². The number of benzene rings is 2. The van der Waals surface area contributed by atoms with Crippen molar-refractivity contribution in [2.45, 2.75) is 18.9 Å². The van der Waals surface area contributed by atoms with Crippen LogP contribution in [0.1, 0.15) is 22.3 Å². The van der Waals surface area contributed by atoms with Gasteiger partial charge in [0.05, 0.1) is 39.0 Å². The number of rotatable bonds is 8. The van der Waals surface area contributed by atoms with Crippen molar-refractivity contribution in [1.29, 1.82) is 0 Å². The van der Waals surface area contributed by atoms with Gasteiger partial charge in [-0.05, 0) is 60.6 Å². The third-order valence-corrected chi connectivity index (χ3v) is 6.05. The molecule has 1 N–H and O–H groups in total. The van der Waals surface area contributed by atoms with Gasteiger partial charge >= 0.3 is 5.97 Å². The molecule has 2 aromatic rings. The van der Waals surface area contributed by atoms with Crippen LogP contribution < -0.4 is 19.7 Å². The zero-order valence-corrected chi connectivity index (χ0v) is 20.3. The fraction of sp³-hybridized carbons (Fsp3) is 0.333. The van der Waals surface area contributed by atoms with Crippen molar-refractivity contribution in [3.63, 3.8) is 0 Å². The van der Waals surface area contributed by atoms with Gasteiger partial charge in [-0.2, -0.15) is 0 Å². The number of nitrogens with one attached hydrogen (secondary N) is 1. The minimum atomic E-state index is -0.743. The summed E-state index contributed by atoms with van der Waals surface area (Å²) in [6, 6.07) is 11.0. The van der Waals surface area contributed by atoms with Gasteiger partial charge in [-0.1, -0.05) is 6.07 Å². The highest BCUT2D eigenvalue weighted by molar-refractivity contribution is 7.80. The first kappa shape index (κ1) is 25.0. The number of hydrogen-bond donors (Lipinski definition) is 1. The maximum absolute atomic E-state index is 13.3. The molecule has 3 rings (SSSR count). The average Bonchev–Trinajstić information content (AvgIpc) is 3.16. The number of carbonyl (C=O) groups excluding carboxylic acids is 3. The maximum atomic E-state index is 13.3. The molecular weight excluding hydrogens is 458 g/mol. The van der Waals surface area contributed by atoms with Gasteiger partial charge < -0.3 is 24.4 Å². The fourth-order valence-corrected chi connectivity index (χ4v) is 4.04. The van der Waals surface area contributed by atoms with E-state index in [0.29, 0.717) is 40.8 Å². The number of carbonyl (C=O) groups is 3. The SMILES string of the molecule is CNC(=S)N(CCc1ccc(OC)c(OC)c1)C1CC(=O)N(c2ccc(C(=O)OC)cc2)C1=O. The maximum Gasteiger partial charge on any atom is 0.337 e. The van der Waals surface area contributed by atoms with Gasteiger partial charge in [-0.25, -0.2) is 9.69 Å². The van der Waals surface area contributed by atoms with E-state index < -0.39 is 12.0 Å². The molecule has 0 saturated carbocycles. The van der Waals surface area contributed by atoms with E-state index in [9.17, 15) is 14.4 Å². The molecule has 1 atom stereocenters. The van der Waals surface area contributed by atoms with Gasteiger partial charge in [0.15, 0.2) is 16.6 Å². The molecule has 0 aromatic heterocycles. The molecule has 0 spiro atoms. The first-order valence-electron chi connectivity index (χ1n) is 10.6. The van der Waals surface area contributed by atoms with Crippen LogP contribution in [0, 0.1) is 0 Å². The largest absolute Gasteiger partial charge is 0.493 e. The number of ether oxygens (including phenoxy) is 3. The number of amides is 2. The highest BCUT2D eigenvalue weighted by Crippen LogP contribution is 2.29. The summed E-state index contributed by atoms with van der Waals surface area (Å²) < 4.78 is 15.3. The predicted molar refractivity (Wildman–Crippen MR) is 130 cm³/mol. The highest BCUT2D eigenvalue weighted by atomic mass is 32.1. The summed E-state index contributed by atoms with van der Waals surface area (Å²) in [7, 11) is 6.10. The van der Waals surface area contributed by atoms with Gasteiger partial charge in [0.1, 0.15) is 6.04 Å². The van der Waals surface area contributed by atoms with Crippen LogP contribution in [0.5, 0.6) is 11.5 Å². The molecule has 10 heteroatoms. The molecule has 1 fully saturated rings. The number of methoxy groups -OCH3 is 3. The second kappa shape index (κ2) is 11.0. The van der Waals surface area contributed by atoms with Crippen molar-refractivity contribution in [2.24, 2.45) is 0 Å². The number of imide groups is 1. The van der Waals surface area contributed by atoms with E-state index >= 15 is 0 Å². The van der Waals surface area contributed by atoms with Gasteiger partial charge in [0, 0.05) is 13.6 Å². The molecule has 1 aliphatic rings. The Morgan fingerprint density at radius 3 is 2.35 bits per heavy atom. The van der Waals surface area contributed by atoms with Crippen LogP contribution in [0.2, 0.25) is 0 Å². The summed E-state index contributed by atoms with van der Waals surface area (Å²) in [5.41, 5.74) is 1.68. The Morgan fingerprint density at radius 1 is 1.09 bits per heavy atom. The zero-order valence-electron chi connectivity index (χ0n) is 19.5. The summed E-state index contributed by atoms with van der Waals surface area (Å²) in [5, 5.41) is 3.28. The van der Waals surface area contributed by atoms with Crippen LogP contribution in [0.15, 0.2) is 42.5 Å². The van der Waals surface area contributed by atoms with Gasteiger partial charge in [-0.15, -0.1) is 0 Å². The smallest absolute Gasteiger partial charge is 0.337 e. The van der Waals surface area contributed by atoms with Gasteiger partial charge in [0.25, 0.3) is 5.91 Å². The average molecular weight is 486 g/mol. The predicted octanol–water partition coefficient (Wildman–Crippen LogP) is 2.17. The molecule has 1 aliphatic heterocycles. The third-order valence-electron chi connectivity index (χ3n) is 5.61. The van der Waals surface area contributed by atoms with E-state index in [1.807, 2.05) is 18.2 Å². The second-order valence-corrected chi connectivity index (χ2v) is 7.90. The molecule has 0 aliphatic carbocycles. The van der Waals surface area contributed by atoms with Gasteiger partial charge in [0.2, 0.25) is 5.91 Å². The molecule has 180 valence electrons. The number of hydrogen-bond acceptors (Lipinski definition) is 7. The fourth-order valence-electron chi connectivity index (χ4n) is 3.82. The monoisotopic (exact) mass is 485 g/mol.